The SMILES string of the molecule is CCOC(=O)c1cnn(-c2nc(C)cc(C)n2)c1SCc1ccccc1. The molecule has 7 heteroatoms. The molecule has 0 bridgehead atoms. The van der Waals surface area contributed by atoms with Crippen LogP contribution in [0.3, 0.4) is 0 Å². The molecular formula is C19H20N4O2S. The van der Waals surface area contributed by atoms with Crippen LogP contribution < -0.4 is 0 Å². The molecule has 3 aromatic rings. The maximum atomic E-state index is 12.3. The lowest BCUT2D eigenvalue weighted by molar-refractivity contribution is 0.0522. The van der Waals surface area contributed by atoms with Crippen LogP contribution in [0.5, 0.6) is 0 Å². The number of carbonyl (C=O) groups excluding carboxylic acids is 1. The fourth-order valence-corrected chi connectivity index (χ4v) is 3.53. The fraction of sp³-hybridized carbons (Fsp3) is 0.263. The molecule has 0 radical (unpaired) electrons. The zero-order chi connectivity index (χ0) is 18.5. The first-order valence-corrected chi connectivity index (χ1v) is 9.31. The summed E-state index contributed by atoms with van der Waals surface area (Å²) >= 11 is 1.51. The van der Waals surface area contributed by atoms with Gasteiger partial charge < -0.3 is 4.74 Å². The summed E-state index contributed by atoms with van der Waals surface area (Å²) in [7, 11) is 0. The minimum atomic E-state index is -0.390. The van der Waals surface area contributed by atoms with Crippen molar-refractivity contribution >= 4 is 17.7 Å². The van der Waals surface area contributed by atoms with Gasteiger partial charge in [0.2, 0.25) is 0 Å². The van der Waals surface area contributed by atoms with Crippen molar-refractivity contribution in [2.45, 2.75) is 31.6 Å². The molecule has 6 nitrogen and oxygen atoms in total. The van der Waals surface area contributed by atoms with Gasteiger partial charge in [0, 0.05) is 17.1 Å². The maximum Gasteiger partial charge on any atom is 0.342 e. The van der Waals surface area contributed by atoms with Gasteiger partial charge in [-0.3, -0.25) is 0 Å². The van der Waals surface area contributed by atoms with E-state index in [1.165, 1.54) is 18.0 Å². The number of aromatic nitrogens is 4. The molecule has 2 aromatic heterocycles. The van der Waals surface area contributed by atoms with Gasteiger partial charge in [-0.2, -0.15) is 9.78 Å². The molecule has 0 N–H and O–H groups in total. The molecule has 1 aromatic carbocycles. The van der Waals surface area contributed by atoms with E-state index < -0.39 is 5.97 Å². The van der Waals surface area contributed by atoms with Crippen molar-refractivity contribution in [1.82, 2.24) is 19.7 Å². The fourth-order valence-electron chi connectivity index (χ4n) is 2.50. The quantitative estimate of drug-likeness (QED) is 0.487. The maximum absolute atomic E-state index is 12.3. The summed E-state index contributed by atoms with van der Waals surface area (Å²) in [5.41, 5.74) is 3.27. The average molecular weight is 368 g/mol. The van der Waals surface area contributed by atoms with Gasteiger partial charge in [0.15, 0.2) is 0 Å². The van der Waals surface area contributed by atoms with Crippen molar-refractivity contribution < 1.29 is 9.53 Å². The van der Waals surface area contributed by atoms with Gasteiger partial charge in [-0.05, 0) is 32.4 Å². The van der Waals surface area contributed by atoms with Crippen molar-refractivity contribution in [3.05, 3.63) is 65.1 Å². The highest BCUT2D eigenvalue weighted by Gasteiger charge is 2.21. The van der Waals surface area contributed by atoms with Gasteiger partial charge in [0.25, 0.3) is 5.95 Å². The molecule has 26 heavy (non-hydrogen) atoms. The third kappa shape index (κ3) is 4.11. The monoisotopic (exact) mass is 368 g/mol. The van der Waals surface area contributed by atoms with Crippen LogP contribution in [0, 0.1) is 13.8 Å². The van der Waals surface area contributed by atoms with Gasteiger partial charge in [-0.1, -0.05) is 30.3 Å². The van der Waals surface area contributed by atoms with Gasteiger partial charge in [0.05, 0.1) is 12.8 Å². The second-order valence-electron chi connectivity index (χ2n) is 5.72. The summed E-state index contributed by atoms with van der Waals surface area (Å²) in [6.45, 7) is 5.91. The lowest BCUT2D eigenvalue weighted by atomic mass is 10.2. The molecule has 0 saturated heterocycles. The van der Waals surface area contributed by atoms with Crippen molar-refractivity contribution in [3.8, 4) is 5.95 Å². The van der Waals surface area contributed by atoms with Crippen LogP contribution in [0.1, 0.15) is 34.2 Å². The van der Waals surface area contributed by atoms with Gasteiger partial charge in [0.1, 0.15) is 10.6 Å². The molecule has 0 amide bonds. The van der Waals surface area contributed by atoms with Crippen LogP contribution in [0.25, 0.3) is 5.95 Å². The minimum absolute atomic E-state index is 0.312. The number of thioether (sulfide) groups is 1. The highest BCUT2D eigenvalue weighted by molar-refractivity contribution is 7.98. The van der Waals surface area contributed by atoms with E-state index in [0.29, 0.717) is 28.9 Å². The lowest BCUT2D eigenvalue weighted by Gasteiger charge is -2.09. The van der Waals surface area contributed by atoms with E-state index in [1.54, 1.807) is 11.6 Å². The van der Waals surface area contributed by atoms with E-state index in [4.69, 9.17) is 4.74 Å². The molecule has 0 spiro atoms. The number of nitrogens with zero attached hydrogens (tertiary/aromatic N) is 4. The summed E-state index contributed by atoms with van der Waals surface area (Å²) < 4.78 is 6.78. The molecule has 0 aliphatic carbocycles. The number of hydrogen-bond donors (Lipinski definition) is 0. The first-order chi connectivity index (χ1) is 12.6. The molecule has 134 valence electrons. The van der Waals surface area contributed by atoms with Crippen LogP contribution in [-0.4, -0.2) is 32.3 Å². The summed E-state index contributed by atoms with van der Waals surface area (Å²) in [5, 5.41) is 5.03. The number of benzene rings is 1. The summed E-state index contributed by atoms with van der Waals surface area (Å²) in [4.78, 5) is 21.3. The molecule has 3 rings (SSSR count). The molecule has 2 heterocycles. The predicted octanol–water partition coefficient (Wildman–Crippen LogP) is 3.75. The number of rotatable bonds is 6. The van der Waals surface area contributed by atoms with Gasteiger partial charge in [-0.15, -0.1) is 11.8 Å². The molecule has 0 saturated carbocycles. The Morgan fingerprint density at radius 1 is 1.15 bits per heavy atom. The standard InChI is InChI=1S/C19H20N4O2S/c1-4-25-18(24)16-11-20-23(19-21-13(2)10-14(3)22-19)17(16)26-12-15-8-6-5-7-9-15/h5-11H,4,12H2,1-3H3. The van der Waals surface area contributed by atoms with E-state index in [9.17, 15) is 4.79 Å². The number of esters is 1. The van der Waals surface area contributed by atoms with Crippen molar-refractivity contribution in [2.75, 3.05) is 6.61 Å². The second kappa shape index (κ2) is 8.14. The van der Waals surface area contributed by atoms with Crippen molar-refractivity contribution in [1.29, 1.82) is 0 Å². The third-order valence-electron chi connectivity index (χ3n) is 3.60. The number of hydrogen-bond acceptors (Lipinski definition) is 6. The molecule has 0 aliphatic heterocycles. The molecule has 0 atom stereocenters. The Morgan fingerprint density at radius 3 is 2.50 bits per heavy atom. The van der Waals surface area contributed by atoms with Crippen molar-refractivity contribution in [2.24, 2.45) is 0 Å². The average Bonchev–Trinajstić information content (AvgIpc) is 3.04. The number of aryl methyl sites for hydroxylation is 2. The minimum Gasteiger partial charge on any atom is -0.462 e. The Kier molecular flexibility index (Phi) is 5.68. The Balaban J connectivity index is 1.99. The van der Waals surface area contributed by atoms with E-state index in [0.717, 1.165) is 17.0 Å². The topological polar surface area (TPSA) is 69.9 Å². The first-order valence-electron chi connectivity index (χ1n) is 8.33. The van der Waals surface area contributed by atoms with Gasteiger partial charge >= 0.3 is 5.97 Å². The largest absolute Gasteiger partial charge is 0.462 e. The van der Waals surface area contributed by atoms with Gasteiger partial charge in [-0.25, -0.2) is 14.8 Å². The van der Waals surface area contributed by atoms with Crippen LogP contribution in [0.2, 0.25) is 0 Å². The number of ether oxygens (including phenoxy) is 1. The number of carbonyl (C=O) groups is 1. The Morgan fingerprint density at radius 2 is 1.85 bits per heavy atom. The second-order valence-corrected chi connectivity index (χ2v) is 6.68. The Labute approximate surface area is 156 Å². The zero-order valence-corrected chi connectivity index (χ0v) is 15.8. The normalized spacial score (nSPS) is 10.7. The lowest BCUT2D eigenvalue weighted by Crippen LogP contribution is -2.09. The van der Waals surface area contributed by atoms with E-state index in [1.807, 2.05) is 50.2 Å². The van der Waals surface area contributed by atoms with Crippen LogP contribution in [-0.2, 0) is 10.5 Å². The Hall–Kier alpha value is -2.67. The van der Waals surface area contributed by atoms with E-state index >= 15 is 0 Å². The van der Waals surface area contributed by atoms with Crippen LogP contribution in [0.15, 0.2) is 47.6 Å². The first kappa shape index (κ1) is 18.1. The molecular weight excluding hydrogens is 348 g/mol. The molecule has 0 aliphatic rings. The van der Waals surface area contributed by atoms with E-state index in [-0.39, 0.29) is 0 Å². The van der Waals surface area contributed by atoms with Crippen molar-refractivity contribution in [3.63, 3.8) is 0 Å². The predicted molar refractivity (Wildman–Crippen MR) is 101 cm³/mol. The van der Waals surface area contributed by atoms with E-state index in [2.05, 4.69) is 15.1 Å². The van der Waals surface area contributed by atoms with Crippen LogP contribution in [0.4, 0.5) is 0 Å². The highest BCUT2D eigenvalue weighted by atomic mass is 32.2. The van der Waals surface area contributed by atoms with Crippen LogP contribution >= 0.6 is 11.8 Å². The summed E-state index contributed by atoms with van der Waals surface area (Å²) in [5.74, 6) is 0.760. The smallest absolute Gasteiger partial charge is 0.342 e. The molecule has 0 fully saturated rings. The molecule has 0 unspecified atom stereocenters. The zero-order valence-electron chi connectivity index (χ0n) is 15.0. The third-order valence-corrected chi connectivity index (χ3v) is 4.74. The highest BCUT2D eigenvalue weighted by Crippen LogP contribution is 2.28. The summed E-state index contributed by atoms with van der Waals surface area (Å²) in [6.07, 6.45) is 1.52. The summed E-state index contributed by atoms with van der Waals surface area (Å²) in [6, 6.07) is 12.0. The Bertz CT molecular complexity index is 889.